The molecule has 0 spiro atoms. The molecule has 13 heavy (non-hydrogen) atoms. The molecular weight excluding hydrogens is 203 g/mol. The SMILES string of the molecule is NNC(Cc1cncs1)C(F)(F)F. The van der Waals surface area contributed by atoms with Crippen molar-refractivity contribution in [1.82, 2.24) is 10.4 Å². The van der Waals surface area contributed by atoms with Crippen LogP contribution in [0.1, 0.15) is 4.88 Å². The van der Waals surface area contributed by atoms with Crippen LogP contribution in [0.15, 0.2) is 11.7 Å². The molecule has 1 atom stereocenters. The first-order chi connectivity index (χ1) is 6.04. The third-order valence-electron chi connectivity index (χ3n) is 1.49. The molecule has 1 heterocycles. The Morgan fingerprint density at radius 1 is 1.62 bits per heavy atom. The maximum absolute atomic E-state index is 12.2. The first-order valence-electron chi connectivity index (χ1n) is 3.44. The Morgan fingerprint density at radius 2 is 2.31 bits per heavy atom. The van der Waals surface area contributed by atoms with Crippen molar-refractivity contribution in [2.24, 2.45) is 5.84 Å². The van der Waals surface area contributed by atoms with Gasteiger partial charge in [0.2, 0.25) is 0 Å². The average molecular weight is 211 g/mol. The van der Waals surface area contributed by atoms with E-state index in [1.165, 1.54) is 23.0 Å². The highest BCUT2D eigenvalue weighted by Crippen LogP contribution is 2.23. The monoisotopic (exact) mass is 211 g/mol. The number of aromatic nitrogens is 1. The number of nitrogens with two attached hydrogens (primary N) is 1. The van der Waals surface area contributed by atoms with Gasteiger partial charge in [-0.1, -0.05) is 0 Å². The van der Waals surface area contributed by atoms with Gasteiger partial charge in [0.25, 0.3) is 0 Å². The molecule has 1 unspecified atom stereocenters. The number of nitrogens with zero attached hydrogens (tertiary/aromatic N) is 1. The van der Waals surface area contributed by atoms with Crippen molar-refractivity contribution < 1.29 is 13.2 Å². The van der Waals surface area contributed by atoms with E-state index in [9.17, 15) is 13.2 Å². The standard InChI is InChI=1S/C6H8F3N3S/c7-6(8,9)5(12-10)1-4-2-11-3-13-4/h2-3,5,12H,1,10H2. The largest absolute Gasteiger partial charge is 0.405 e. The fourth-order valence-electron chi connectivity index (χ4n) is 0.813. The Hall–Kier alpha value is -0.660. The van der Waals surface area contributed by atoms with E-state index < -0.39 is 12.2 Å². The summed E-state index contributed by atoms with van der Waals surface area (Å²) in [6, 6.07) is -1.70. The summed E-state index contributed by atoms with van der Waals surface area (Å²) in [4.78, 5) is 4.23. The average Bonchev–Trinajstić information content (AvgIpc) is 2.49. The van der Waals surface area contributed by atoms with Gasteiger partial charge in [0, 0.05) is 17.5 Å². The number of hydrogen-bond acceptors (Lipinski definition) is 4. The van der Waals surface area contributed by atoms with E-state index in [-0.39, 0.29) is 6.42 Å². The molecule has 0 fully saturated rings. The zero-order valence-corrected chi connectivity index (χ0v) is 7.32. The van der Waals surface area contributed by atoms with Gasteiger partial charge in [0.1, 0.15) is 6.04 Å². The maximum Gasteiger partial charge on any atom is 0.405 e. The summed E-state index contributed by atoms with van der Waals surface area (Å²) in [6.45, 7) is 0. The van der Waals surface area contributed by atoms with E-state index in [0.29, 0.717) is 4.88 Å². The van der Waals surface area contributed by atoms with Crippen LogP contribution in [0.3, 0.4) is 0 Å². The molecule has 1 aromatic heterocycles. The van der Waals surface area contributed by atoms with Crippen LogP contribution in [0.2, 0.25) is 0 Å². The van der Waals surface area contributed by atoms with Crippen LogP contribution in [0.4, 0.5) is 13.2 Å². The summed E-state index contributed by atoms with van der Waals surface area (Å²) in [5.74, 6) is 4.79. The number of halogens is 3. The Morgan fingerprint density at radius 3 is 2.69 bits per heavy atom. The summed E-state index contributed by atoms with van der Waals surface area (Å²) >= 11 is 1.18. The smallest absolute Gasteiger partial charge is 0.271 e. The molecule has 0 aliphatic rings. The van der Waals surface area contributed by atoms with Gasteiger partial charge in [-0.3, -0.25) is 10.8 Å². The predicted octanol–water partition coefficient (Wildman–Crippen LogP) is 1.08. The number of alkyl halides is 3. The fraction of sp³-hybridized carbons (Fsp3) is 0.500. The van der Waals surface area contributed by atoms with Crippen molar-refractivity contribution in [3.8, 4) is 0 Å². The lowest BCUT2D eigenvalue weighted by atomic mass is 10.2. The van der Waals surface area contributed by atoms with Crippen molar-refractivity contribution in [1.29, 1.82) is 0 Å². The van der Waals surface area contributed by atoms with Gasteiger partial charge >= 0.3 is 6.18 Å². The zero-order chi connectivity index (χ0) is 9.90. The Kier molecular flexibility index (Phi) is 3.23. The zero-order valence-electron chi connectivity index (χ0n) is 6.51. The second-order valence-corrected chi connectivity index (χ2v) is 3.40. The van der Waals surface area contributed by atoms with Gasteiger partial charge in [-0.25, -0.2) is 5.43 Å². The third-order valence-corrected chi connectivity index (χ3v) is 2.29. The first-order valence-corrected chi connectivity index (χ1v) is 4.32. The van der Waals surface area contributed by atoms with Gasteiger partial charge in [-0.2, -0.15) is 13.2 Å². The van der Waals surface area contributed by atoms with Crippen LogP contribution >= 0.6 is 11.3 Å². The predicted molar refractivity (Wildman–Crippen MR) is 43.0 cm³/mol. The highest BCUT2D eigenvalue weighted by atomic mass is 32.1. The topological polar surface area (TPSA) is 50.9 Å². The molecule has 0 bridgehead atoms. The molecular formula is C6H8F3N3S. The Balaban J connectivity index is 2.60. The van der Waals surface area contributed by atoms with E-state index >= 15 is 0 Å². The minimum atomic E-state index is -4.32. The van der Waals surface area contributed by atoms with Crippen molar-refractivity contribution >= 4 is 11.3 Å². The van der Waals surface area contributed by atoms with Crippen molar-refractivity contribution in [3.05, 3.63) is 16.6 Å². The molecule has 3 nitrogen and oxygen atoms in total. The summed E-state index contributed by atoms with van der Waals surface area (Å²) in [7, 11) is 0. The van der Waals surface area contributed by atoms with Crippen molar-refractivity contribution in [2.45, 2.75) is 18.6 Å². The van der Waals surface area contributed by atoms with Gasteiger partial charge in [0.15, 0.2) is 0 Å². The van der Waals surface area contributed by atoms with Crippen LogP contribution in [0.5, 0.6) is 0 Å². The second-order valence-electron chi connectivity index (χ2n) is 2.43. The quantitative estimate of drug-likeness (QED) is 0.581. The molecule has 1 aromatic rings. The lowest BCUT2D eigenvalue weighted by Gasteiger charge is -2.17. The number of thiazole rings is 1. The van der Waals surface area contributed by atoms with E-state index in [0.717, 1.165) is 0 Å². The molecule has 0 aliphatic carbocycles. The van der Waals surface area contributed by atoms with E-state index in [1.54, 1.807) is 5.43 Å². The normalized spacial score (nSPS) is 14.5. The Labute approximate surface area is 76.7 Å². The van der Waals surface area contributed by atoms with E-state index in [1.807, 2.05) is 0 Å². The minimum absolute atomic E-state index is 0.176. The van der Waals surface area contributed by atoms with Gasteiger partial charge in [0.05, 0.1) is 5.51 Å². The fourth-order valence-corrected chi connectivity index (χ4v) is 1.45. The molecule has 0 radical (unpaired) electrons. The van der Waals surface area contributed by atoms with E-state index in [4.69, 9.17) is 5.84 Å². The summed E-state index contributed by atoms with van der Waals surface area (Å²) in [5.41, 5.74) is 3.22. The van der Waals surface area contributed by atoms with Crippen LogP contribution in [0.25, 0.3) is 0 Å². The Bertz CT molecular complexity index is 246. The van der Waals surface area contributed by atoms with Crippen LogP contribution in [-0.2, 0) is 6.42 Å². The van der Waals surface area contributed by atoms with Gasteiger partial charge in [-0.05, 0) is 0 Å². The van der Waals surface area contributed by atoms with Crippen LogP contribution in [0, 0.1) is 0 Å². The minimum Gasteiger partial charge on any atom is -0.271 e. The summed E-state index contributed by atoms with van der Waals surface area (Å²) in [6.07, 6.45) is -3.09. The van der Waals surface area contributed by atoms with Crippen molar-refractivity contribution in [2.75, 3.05) is 0 Å². The lowest BCUT2D eigenvalue weighted by molar-refractivity contribution is -0.155. The second kappa shape index (κ2) is 4.03. The van der Waals surface area contributed by atoms with Crippen LogP contribution < -0.4 is 11.3 Å². The van der Waals surface area contributed by atoms with Crippen LogP contribution in [-0.4, -0.2) is 17.2 Å². The summed E-state index contributed by atoms with van der Waals surface area (Å²) < 4.78 is 36.5. The molecule has 7 heteroatoms. The number of hydrazine groups is 1. The molecule has 0 aromatic carbocycles. The highest BCUT2D eigenvalue weighted by molar-refractivity contribution is 7.09. The number of rotatable bonds is 3. The number of hydrogen-bond donors (Lipinski definition) is 2. The molecule has 74 valence electrons. The molecule has 0 saturated carbocycles. The molecule has 0 saturated heterocycles. The maximum atomic E-state index is 12.2. The van der Waals surface area contributed by atoms with Gasteiger partial charge < -0.3 is 0 Å². The highest BCUT2D eigenvalue weighted by Gasteiger charge is 2.38. The first kappa shape index (κ1) is 10.4. The molecule has 1 rings (SSSR count). The molecule has 3 N–H and O–H groups in total. The van der Waals surface area contributed by atoms with Crippen molar-refractivity contribution in [3.63, 3.8) is 0 Å². The molecule has 0 amide bonds. The third kappa shape index (κ3) is 2.94. The lowest BCUT2D eigenvalue weighted by Crippen LogP contribution is -2.47. The number of nitrogens with one attached hydrogen (secondary N) is 1. The van der Waals surface area contributed by atoms with Gasteiger partial charge in [-0.15, -0.1) is 11.3 Å². The van der Waals surface area contributed by atoms with E-state index in [2.05, 4.69) is 4.98 Å². The summed E-state index contributed by atoms with van der Waals surface area (Å²) in [5, 5.41) is 0. The molecule has 0 aliphatic heterocycles.